The maximum atomic E-state index is 11.2. The van der Waals surface area contributed by atoms with Crippen LogP contribution < -0.4 is 0 Å². The second-order valence-electron chi connectivity index (χ2n) is 2.99. The lowest BCUT2D eigenvalue weighted by Gasteiger charge is -2.15. The minimum Gasteiger partial charge on any atom is -0.338 e. The molecule has 0 aliphatic carbocycles. The van der Waals surface area contributed by atoms with Crippen molar-refractivity contribution in [3.05, 3.63) is 47.5 Å². The largest absolute Gasteiger partial charge is 0.338 e. The first kappa shape index (κ1) is 10.8. The molecule has 1 aromatic rings. The molecule has 0 aromatic heterocycles. The molecule has 0 heterocycles. The Hall–Kier alpha value is -1.28. The number of carbonyl (C=O) groups excluding carboxylic acids is 1. The summed E-state index contributed by atoms with van der Waals surface area (Å²) < 4.78 is 0. The predicted octanol–water partition coefficient (Wildman–Crippen LogP) is 2.48. The van der Waals surface area contributed by atoms with Crippen LogP contribution in [-0.2, 0) is 11.3 Å². The number of amides is 1. The Kier molecular flexibility index (Phi) is 3.72. The van der Waals surface area contributed by atoms with Gasteiger partial charge in [-0.05, 0) is 17.7 Å². The van der Waals surface area contributed by atoms with Gasteiger partial charge < -0.3 is 4.90 Å². The van der Waals surface area contributed by atoms with Crippen LogP contribution >= 0.6 is 11.6 Å². The van der Waals surface area contributed by atoms with Crippen LogP contribution in [0.2, 0.25) is 5.02 Å². The van der Waals surface area contributed by atoms with Gasteiger partial charge in [0.05, 0.1) is 0 Å². The molecule has 0 bridgehead atoms. The highest BCUT2D eigenvalue weighted by atomic mass is 35.5. The van der Waals surface area contributed by atoms with E-state index in [0.29, 0.717) is 11.6 Å². The standard InChI is InChI=1S/C11H12ClNO/c1-3-11(14)13(2)8-9-6-4-5-7-10(9)12/h3-7H,1,8H2,2H3. The van der Waals surface area contributed by atoms with Gasteiger partial charge >= 0.3 is 0 Å². The van der Waals surface area contributed by atoms with E-state index in [-0.39, 0.29) is 5.91 Å². The minimum absolute atomic E-state index is 0.107. The van der Waals surface area contributed by atoms with Gasteiger partial charge in [0.1, 0.15) is 0 Å². The third-order valence-corrected chi connectivity index (χ3v) is 2.28. The van der Waals surface area contributed by atoms with Crippen LogP contribution in [0.4, 0.5) is 0 Å². The predicted molar refractivity (Wildman–Crippen MR) is 58.1 cm³/mol. The number of rotatable bonds is 3. The summed E-state index contributed by atoms with van der Waals surface area (Å²) in [6.07, 6.45) is 1.29. The first-order chi connectivity index (χ1) is 6.65. The van der Waals surface area contributed by atoms with Gasteiger partial charge in [-0.2, -0.15) is 0 Å². The average molecular weight is 210 g/mol. The van der Waals surface area contributed by atoms with E-state index in [1.165, 1.54) is 6.08 Å². The van der Waals surface area contributed by atoms with Crippen molar-refractivity contribution in [3.8, 4) is 0 Å². The Labute approximate surface area is 88.8 Å². The number of halogens is 1. The molecule has 2 nitrogen and oxygen atoms in total. The molecule has 14 heavy (non-hydrogen) atoms. The highest BCUT2D eigenvalue weighted by molar-refractivity contribution is 6.31. The van der Waals surface area contributed by atoms with E-state index in [1.807, 2.05) is 24.3 Å². The molecule has 1 rings (SSSR count). The number of hydrogen-bond donors (Lipinski definition) is 0. The monoisotopic (exact) mass is 209 g/mol. The fourth-order valence-electron chi connectivity index (χ4n) is 1.12. The molecular weight excluding hydrogens is 198 g/mol. The maximum absolute atomic E-state index is 11.2. The Bertz CT molecular complexity index is 349. The summed E-state index contributed by atoms with van der Waals surface area (Å²) in [5.41, 5.74) is 0.937. The summed E-state index contributed by atoms with van der Waals surface area (Å²) in [7, 11) is 1.72. The van der Waals surface area contributed by atoms with Crippen molar-refractivity contribution in [3.63, 3.8) is 0 Å². The first-order valence-corrected chi connectivity index (χ1v) is 4.64. The highest BCUT2D eigenvalue weighted by Crippen LogP contribution is 2.16. The fraction of sp³-hybridized carbons (Fsp3) is 0.182. The number of benzene rings is 1. The molecule has 1 amide bonds. The summed E-state index contributed by atoms with van der Waals surface area (Å²) in [6.45, 7) is 3.93. The van der Waals surface area contributed by atoms with Crippen LogP contribution in [0.25, 0.3) is 0 Å². The van der Waals surface area contributed by atoms with Crippen LogP contribution in [0.15, 0.2) is 36.9 Å². The topological polar surface area (TPSA) is 20.3 Å². The quantitative estimate of drug-likeness (QED) is 0.701. The van der Waals surface area contributed by atoms with Gasteiger partial charge in [0.25, 0.3) is 0 Å². The summed E-state index contributed by atoms with van der Waals surface area (Å²) in [4.78, 5) is 12.8. The van der Waals surface area contributed by atoms with E-state index in [2.05, 4.69) is 6.58 Å². The van der Waals surface area contributed by atoms with Gasteiger partial charge in [0.15, 0.2) is 0 Å². The molecule has 0 radical (unpaired) electrons. The van der Waals surface area contributed by atoms with E-state index in [4.69, 9.17) is 11.6 Å². The van der Waals surface area contributed by atoms with Gasteiger partial charge in [-0.3, -0.25) is 4.79 Å². The molecule has 0 unspecified atom stereocenters. The van der Waals surface area contributed by atoms with Crippen LogP contribution in [-0.4, -0.2) is 17.9 Å². The second kappa shape index (κ2) is 4.82. The van der Waals surface area contributed by atoms with E-state index in [0.717, 1.165) is 5.56 Å². The number of nitrogens with zero attached hydrogens (tertiary/aromatic N) is 1. The molecule has 0 saturated heterocycles. The second-order valence-corrected chi connectivity index (χ2v) is 3.40. The van der Waals surface area contributed by atoms with Gasteiger partial charge in [0, 0.05) is 18.6 Å². The van der Waals surface area contributed by atoms with Crippen LogP contribution in [0, 0.1) is 0 Å². The van der Waals surface area contributed by atoms with Crippen molar-refractivity contribution in [2.75, 3.05) is 7.05 Å². The molecule has 0 fully saturated rings. The zero-order chi connectivity index (χ0) is 10.6. The average Bonchev–Trinajstić information content (AvgIpc) is 2.20. The SMILES string of the molecule is C=CC(=O)N(C)Cc1ccccc1Cl. The molecule has 3 heteroatoms. The summed E-state index contributed by atoms with van der Waals surface area (Å²) in [6, 6.07) is 7.47. The number of hydrogen-bond acceptors (Lipinski definition) is 1. The Balaban J connectivity index is 2.74. The zero-order valence-electron chi connectivity index (χ0n) is 8.03. The van der Waals surface area contributed by atoms with E-state index in [1.54, 1.807) is 11.9 Å². The van der Waals surface area contributed by atoms with Crippen molar-refractivity contribution in [1.82, 2.24) is 4.90 Å². The molecule has 0 aliphatic rings. The van der Waals surface area contributed by atoms with Crippen molar-refractivity contribution in [2.45, 2.75) is 6.54 Å². The molecule has 74 valence electrons. The van der Waals surface area contributed by atoms with Crippen molar-refractivity contribution < 1.29 is 4.79 Å². The Morgan fingerprint density at radius 2 is 2.21 bits per heavy atom. The van der Waals surface area contributed by atoms with Gasteiger partial charge in [0.2, 0.25) is 5.91 Å². The lowest BCUT2D eigenvalue weighted by atomic mass is 10.2. The molecular formula is C11H12ClNO. The van der Waals surface area contributed by atoms with Gasteiger partial charge in [-0.15, -0.1) is 0 Å². The number of likely N-dealkylation sites (N-methyl/N-ethyl adjacent to an activating group) is 1. The van der Waals surface area contributed by atoms with Crippen LogP contribution in [0.3, 0.4) is 0 Å². The van der Waals surface area contributed by atoms with Gasteiger partial charge in [-0.25, -0.2) is 0 Å². The van der Waals surface area contributed by atoms with E-state index in [9.17, 15) is 4.79 Å². The maximum Gasteiger partial charge on any atom is 0.245 e. The Morgan fingerprint density at radius 3 is 2.79 bits per heavy atom. The Morgan fingerprint density at radius 1 is 1.57 bits per heavy atom. The van der Waals surface area contributed by atoms with E-state index < -0.39 is 0 Å². The van der Waals surface area contributed by atoms with E-state index >= 15 is 0 Å². The third kappa shape index (κ3) is 2.60. The van der Waals surface area contributed by atoms with Crippen LogP contribution in [0.1, 0.15) is 5.56 Å². The molecule has 0 atom stereocenters. The lowest BCUT2D eigenvalue weighted by Crippen LogP contribution is -2.23. The lowest BCUT2D eigenvalue weighted by molar-refractivity contribution is -0.125. The molecule has 0 saturated carbocycles. The highest BCUT2D eigenvalue weighted by Gasteiger charge is 2.06. The normalized spacial score (nSPS) is 9.57. The first-order valence-electron chi connectivity index (χ1n) is 4.26. The van der Waals surface area contributed by atoms with Gasteiger partial charge in [-0.1, -0.05) is 36.4 Å². The summed E-state index contributed by atoms with van der Waals surface area (Å²) >= 11 is 5.95. The molecule has 0 spiro atoms. The number of carbonyl (C=O) groups is 1. The summed E-state index contributed by atoms with van der Waals surface area (Å²) in [5.74, 6) is -0.107. The fourth-order valence-corrected chi connectivity index (χ4v) is 1.31. The van der Waals surface area contributed by atoms with Crippen molar-refractivity contribution >= 4 is 17.5 Å². The third-order valence-electron chi connectivity index (χ3n) is 1.92. The smallest absolute Gasteiger partial charge is 0.245 e. The van der Waals surface area contributed by atoms with Crippen molar-refractivity contribution in [2.24, 2.45) is 0 Å². The molecule has 1 aromatic carbocycles. The molecule has 0 aliphatic heterocycles. The van der Waals surface area contributed by atoms with Crippen molar-refractivity contribution in [1.29, 1.82) is 0 Å². The summed E-state index contributed by atoms with van der Waals surface area (Å²) in [5, 5.41) is 0.677. The molecule has 0 N–H and O–H groups in total. The van der Waals surface area contributed by atoms with Crippen LogP contribution in [0.5, 0.6) is 0 Å². The minimum atomic E-state index is -0.107. The zero-order valence-corrected chi connectivity index (χ0v) is 8.79.